The number of anilines is 1. The minimum Gasteiger partial charge on any atom is -0.297 e. The van der Waals surface area contributed by atoms with Crippen molar-refractivity contribution in [2.75, 3.05) is 4.72 Å². The van der Waals surface area contributed by atoms with E-state index in [1.54, 1.807) is 35.6 Å². The highest BCUT2D eigenvalue weighted by atomic mass is 32.2. The van der Waals surface area contributed by atoms with Gasteiger partial charge in [0.05, 0.1) is 10.6 Å². The normalized spacial score (nSPS) is 11.7. The number of aromatic nitrogens is 2. The van der Waals surface area contributed by atoms with Gasteiger partial charge >= 0.3 is 0 Å². The lowest BCUT2D eigenvalue weighted by Crippen LogP contribution is -2.12. The second kappa shape index (κ2) is 6.59. The molecule has 0 saturated heterocycles. The van der Waals surface area contributed by atoms with Crippen LogP contribution in [0.1, 0.15) is 12.5 Å². The Kier molecular flexibility index (Phi) is 4.26. The van der Waals surface area contributed by atoms with Crippen LogP contribution in [0.2, 0.25) is 0 Å². The Hall–Kier alpha value is -2.64. The van der Waals surface area contributed by atoms with Crippen molar-refractivity contribution in [3.05, 3.63) is 71.9 Å². The van der Waals surface area contributed by atoms with Crippen LogP contribution in [0.5, 0.6) is 0 Å². The fourth-order valence-electron chi connectivity index (χ4n) is 2.69. The zero-order valence-corrected chi connectivity index (χ0v) is 15.7. The predicted octanol–water partition coefficient (Wildman–Crippen LogP) is 4.43. The van der Waals surface area contributed by atoms with Crippen molar-refractivity contribution in [1.82, 2.24) is 9.38 Å². The summed E-state index contributed by atoms with van der Waals surface area (Å²) in [5, 5.41) is 1.98. The third-order valence-corrected chi connectivity index (χ3v) is 6.34. The molecule has 2 aromatic heterocycles. The quantitative estimate of drug-likeness (QED) is 0.555. The topological polar surface area (TPSA) is 63.5 Å². The molecule has 0 spiro atoms. The summed E-state index contributed by atoms with van der Waals surface area (Å²) in [4.78, 5) is 5.74. The van der Waals surface area contributed by atoms with E-state index in [4.69, 9.17) is 0 Å². The summed E-state index contributed by atoms with van der Waals surface area (Å²) in [5.74, 6) is 0. The van der Waals surface area contributed by atoms with E-state index in [9.17, 15) is 8.42 Å². The molecule has 7 heteroatoms. The van der Waals surface area contributed by atoms with Crippen LogP contribution in [0, 0.1) is 0 Å². The van der Waals surface area contributed by atoms with Crippen molar-refractivity contribution in [1.29, 1.82) is 0 Å². The number of nitrogens with one attached hydrogen (secondary N) is 1. The van der Waals surface area contributed by atoms with E-state index < -0.39 is 10.0 Å². The van der Waals surface area contributed by atoms with Crippen molar-refractivity contribution < 1.29 is 8.42 Å². The summed E-state index contributed by atoms with van der Waals surface area (Å²) in [5.41, 5.74) is 3.43. The van der Waals surface area contributed by atoms with Crippen LogP contribution in [0.4, 0.5) is 5.69 Å². The van der Waals surface area contributed by atoms with Gasteiger partial charge in [-0.05, 0) is 36.2 Å². The van der Waals surface area contributed by atoms with Gasteiger partial charge < -0.3 is 0 Å². The minimum atomic E-state index is -3.60. The first-order valence-electron chi connectivity index (χ1n) is 8.19. The van der Waals surface area contributed by atoms with Crippen molar-refractivity contribution >= 4 is 32.0 Å². The third-order valence-electron chi connectivity index (χ3n) is 4.17. The molecule has 5 nitrogen and oxygen atoms in total. The number of hydrogen-bond donors (Lipinski definition) is 1. The van der Waals surface area contributed by atoms with Crippen LogP contribution < -0.4 is 4.72 Å². The van der Waals surface area contributed by atoms with Gasteiger partial charge in [0.1, 0.15) is 0 Å². The van der Waals surface area contributed by atoms with Crippen molar-refractivity contribution in [2.45, 2.75) is 18.2 Å². The third kappa shape index (κ3) is 3.23. The van der Waals surface area contributed by atoms with E-state index in [1.807, 2.05) is 53.4 Å². The summed E-state index contributed by atoms with van der Waals surface area (Å²) < 4.78 is 29.6. The maximum atomic E-state index is 12.5. The predicted molar refractivity (Wildman–Crippen MR) is 105 cm³/mol. The molecule has 0 atom stereocenters. The largest absolute Gasteiger partial charge is 0.297 e. The van der Waals surface area contributed by atoms with E-state index in [-0.39, 0.29) is 4.90 Å². The van der Waals surface area contributed by atoms with Gasteiger partial charge in [0.2, 0.25) is 0 Å². The number of imidazole rings is 1. The molecule has 1 N–H and O–H groups in total. The zero-order chi connectivity index (χ0) is 18.1. The average molecular weight is 383 g/mol. The number of nitrogens with zero attached hydrogens (tertiary/aromatic N) is 2. The van der Waals surface area contributed by atoms with E-state index in [0.29, 0.717) is 5.69 Å². The van der Waals surface area contributed by atoms with Gasteiger partial charge in [-0.3, -0.25) is 9.12 Å². The number of rotatable bonds is 5. The fraction of sp³-hybridized carbons (Fsp3) is 0.105. The molecular weight excluding hydrogens is 366 g/mol. The lowest BCUT2D eigenvalue weighted by molar-refractivity contribution is 0.601. The standard InChI is InChI=1S/C19H17N3O2S2/c1-2-14-3-9-17(10-4-14)26(23,24)21-16-7-5-15(6-8-16)18-13-22-11-12-25-19(22)20-18/h3-13,21H,2H2,1H3. The summed E-state index contributed by atoms with van der Waals surface area (Å²) in [6.07, 6.45) is 4.80. The zero-order valence-electron chi connectivity index (χ0n) is 14.1. The Morgan fingerprint density at radius 1 is 1.08 bits per heavy atom. The molecule has 0 fully saturated rings. The molecular formula is C19H17N3O2S2. The maximum absolute atomic E-state index is 12.5. The molecule has 132 valence electrons. The number of fused-ring (bicyclic) bond motifs is 1. The Morgan fingerprint density at radius 2 is 1.81 bits per heavy atom. The van der Waals surface area contributed by atoms with Crippen LogP contribution in [0.3, 0.4) is 0 Å². The van der Waals surface area contributed by atoms with Gasteiger partial charge in [-0.1, -0.05) is 31.2 Å². The highest BCUT2D eigenvalue weighted by Crippen LogP contribution is 2.24. The molecule has 2 aromatic carbocycles. The number of aryl methyl sites for hydroxylation is 1. The fourth-order valence-corrected chi connectivity index (χ4v) is 4.45. The Bertz CT molecular complexity index is 1110. The van der Waals surface area contributed by atoms with Crippen molar-refractivity contribution in [3.63, 3.8) is 0 Å². The van der Waals surface area contributed by atoms with Gasteiger partial charge in [0.25, 0.3) is 10.0 Å². The molecule has 0 unspecified atom stereocenters. The number of thiazole rings is 1. The monoisotopic (exact) mass is 383 g/mol. The van der Waals surface area contributed by atoms with Crippen LogP contribution in [-0.4, -0.2) is 17.8 Å². The van der Waals surface area contributed by atoms with Crippen LogP contribution in [0.25, 0.3) is 16.2 Å². The number of sulfonamides is 1. The Labute approximate surface area is 156 Å². The first-order valence-corrected chi connectivity index (χ1v) is 10.6. The van der Waals surface area contributed by atoms with Gasteiger partial charge in [-0.15, -0.1) is 11.3 Å². The minimum absolute atomic E-state index is 0.258. The lowest BCUT2D eigenvalue weighted by atomic mass is 10.1. The molecule has 0 bridgehead atoms. The van der Waals surface area contributed by atoms with E-state index in [0.717, 1.165) is 28.2 Å². The van der Waals surface area contributed by atoms with Crippen LogP contribution in [-0.2, 0) is 16.4 Å². The number of hydrogen-bond acceptors (Lipinski definition) is 4. The summed E-state index contributed by atoms with van der Waals surface area (Å²) in [7, 11) is -3.60. The summed E-state index contributed by atoms with van der Waals surface area (Å²) >= 11 is 1.57. The van der Waals surface area contributed by atoms with Gasteiger partial charge in [0, 0.05) is 29.0 Å². The SMILES string of the molecule is CCc1ccc(S(=O)(=O)Nc2ccc(-c3cn4ccsc4n3)cc2)cc1. The molecule has 26 heavy (non-hydrogen) atoms. The second-order valence-corrected chi connectivity index (χ2v) is 8.45. The maximum Gasteiger partial charge on any atom is 0.261 e. The van der Waals surface area contributed by atoms with Crippen LogP contribution in [0.15, 0.2) is 71.2 Å². The molecule has 0 radical (unpaired) electrons. The van der Waals surface area contributed by atoms with Gasteiger partial charge in [-0.2, -0.15) is 0 Å². The Morgan fingerprint density at radius 3 is 2.46 bits per heavy atom. The van der Waals surface area contributed by atoms with Gasteiger partial charge in [0.15, 0.2) is 4.96 Å². The molecule has 0 aliphatic carbocycles. The molecule has 2 heterocycles. The molecule has 4 rings (SSSR count). The first-order chi connectivity index (χ1) is 12.5. The van der Waals surface area contributed by atoms with Gasteiger partial charge in [-0.25, -0.2) is 13.4 Å². The number of benzene rings is 2. The van der Waals surface area contributed by atoms with Crippen LogP contribution >= 0.6 is 11.3 Å². The summed E-state index contributed by atoms with van der Waals surface area (Å²) in [6, 6.07) is 14.2. The smallest absolute Gasteiger partial charge is 0.261 e. The molecule has 4 aromatic rings. The lowest BCUT2D eigenvalue weighted by Gasteiger charge is -2.09. The van der Waals surface area contributed by atoms with Crippen molar-refractivity contribution in [2.24, 2.45) is 0 Å². The highest BCUT2D eigenvalue weighted by Gasteiger charge is 2.14. The molecule has 0 aliphatic rings. The highest BCUT2D eigenvalue weighted by molar-refractivity contribution is 7.92. The van der Waals surface area contributed by atoms with E-state index >= 15 is 0 Å². The second-order valence-electron chi connectivity index (χ2n) is 5.90. The molecule has 0 aliphatic heterocycles. The molecule has 0 saturated carbocycles. The average Bonchev–Trinajstić information content (AvgIpc) is 3.24. The first kappa shape index (κ1) is 16.8. The Balaban J connectivity index is 1.55. The van der Waals surface area contributed by atoms with Crippen molar-refractivity contribution in [3.8, 4) is 11.3 Å². The van der Waals surface area contributed by atoms with E-state index in [1.165, 1.54) is 0 Å². The van der Waals surface area contributed by atoms with E-state index in [2.05, 4.69) is 9.71 Å². The molecule has 0 amide bonds. The summed E-state index contributed by atoms with van der Waals surface area (Å²) in [6.45, 7) is 2.03.